The fourth-order valence-electron chi connectivity index (χ4n) is 4.82. The van der Waals surface area contributed by atoms with E-state index in [9.17, 15) is 4.79 Å². The van der Waals surface area contributed by atoms with Gasteiger partial charge in [0.2, 0.25) is 9.04 Å². The molecule has 4 heteroatoms. The average Bonchev–Trinajstić information content (AvgIpc) is 2.72. The number of aromatic carboxylic acids is 1. The lowest BCUT2D eigenvalue weighted by Gasteiger charge is -2.40. The molecule has 1 aliphatic carbocycles. The minimum Gasteiger partial charge on any atom is -0.546 e. The third kappa shape index (κ3) is 5.53. The van der Waals surface area contributed by atoms with Gasteiger partial charge in [0.1, 0.15) is 5.75 Å². The first-order valence-corrected chi connectivity index (χ1v) is 14.7. The van der Waals surface area contributed by atoms with Crippen LogP contribution in [-0.4, -0.2) is 20.1 Å². The summed E-state index contributed by atoms with van der Waals surface area (Å²) in [6.07, 6.45) is 10.5. The van der Waals surface area contributed by atoms with Crippen molar-refractivity contribution >= 4 is 27.2 Å². The lowest BCUT2D eigenvalue weighted by molar-refractivity contribution is 0.0697. The summed E-state index contributed by atoms with van der Waals surface area (Å²) in [5.41, 5.74) is 5.38. The Morgan fingerprint density at radius 3 is 2.16 bits per heavy atom. The van der Waals surface area contributed by atoms with Gasteiger partial charge in [0.05, 0.1) is 5.56 Å². The summed E-state index contributed by atoms with van der Waals surface area (Å²) in [6.45, 7) is 13.8. The molecule has 0 spiro atoms. The van der Waals surface area contributed by atoms with Crippen LogP contribution in [0.25, 0.3) is 12.2 Å². The second kappa shape index (κ2) is 9.66. The Bertz CT molecular complexity index is 975. The molecule has 3 rings (SSSR count). The van der Waals surface area contributed by atoms with Gasteiger partial charge in [-0.05, 0) is 60.0 Å². The predicted molar refractivity (Wildman–Crippen MR) is 137 cm³/mol. The van der Waals surface area contributed by atoms with Gasteiger partial charge in [-0.25, -0.2) is 4.79 Å². The van der Waals surface area contributed by atoms with E-state index in [1.807, 2.05) is 12.1 Å². The van der Waals surface area contributed by atoms with E-state index in [0.717, 1.165) is 16.9 Å². The molecule has 0 bridgehead atoms. The molecule has 3 nitrogen and oxygen atoms in total. The zero-order chi connectivity index (χ0) is 23.5. The summed E-state index contributed by atoms with van der Waals surface area (Å²) in [5.74, 6) is 0.170. The molecule has 0 aliphatic heterocycles. The van der Waals surface area contributed by atoms with Crippen molar-refractivity contribution < 1.29 is 14.3 Å². The van der Waals surface area contributed by atoms with Crippen LogP contribution in [0.5, 0.6) is 5.75 Å². The minimum absolute atomic E-state index is 0.0430. The van der Waals surface area contributed by atoms with Gasteiger partial charge in [-0.1, -0.05) is 83.4 Å². The van der Waals surface area contributed by atoms with Gasteiger partial charge in [-0.15, -0.1) is 0 Å². The predicted octanol–water partition coefficient (Wildman–Crippen LogP) is 7.44. The van der Waals surface area contributed by atoms with Crippen LogP contribution in [0.4, 0.5) is 0 Å². The van der Waals surface area contributed by atoms with Crippen LogP contribution in [0, 0.1) is 0 Å². The highest BCUT2D eigenvalue weighted by molar-refractivity contribution is 6.49. The maximum atomic E-state index is 11.1. The van der Waals surface area contributed by atoms with Crippen LogP contribution in [0.15, 0.2) is 36.4 Å². The number of rotatable bonds is 6. The largest absolute Gasteiger partial charge is 0.546 e. The maximum Gasteiger partial charge on any atom is 0.335 e. The van der Waals surface area contributed by atoms with Crippen LogP contribution in [-0.2, 0) is 10.8 Å². The van der Waals surface area contributed by atoms with Gasteiger partial charge in [-0.3, -0.25) is 0 Å². The molecule has 1 aliphatic rings. The average molecular weight is 451 g/mol. The minimum atomic E-state index is -1.33. The van der Waals surface area contributed by atoms with Gasteiger partial charge >= 0.3 is 5.97 Å². The number of carbonyl (C=O) groups is 1. The molecule has 1 fully saturated rings. The molecule has 0 amide bonds. The van der Waals surface area contributed by atoms with Gasteiger partial charge in [0.25, 0.3) is 0 Å². The van der Waals surface area contributed by atoms with Crippen LogP contribution in [0.3, 0.4) is 0 Å². The summed E-state index contributed by atoms with van der Waals surface area (Å²) >= 11 is 0. The Balaban J connectivity index is 2.13. The zero-order valence-corrected chi connectivity index (χ0v) is 21.7. The van der Waals surface area contributed by atoms with Crippen molar-refractivity contribution in [2.24, 2.45) is 0 Å². The first-order valence-electron chi connectivity index (χ1n) is 11.9. The third-order valence-corrected chi connectivity index (χ3v) is 7.23. The first kappa shape index (κ1) is 24.3. The Labute approximate surface area is 195 Å². The molecule has 1 saturated carbocycles. The normalized spacial score (nSPS) is 16.5. The van der Waals surface area contributed by atoms with E-state index >= 15 is 0 Å². The second-order valence-electron chi connectivity index (χ2n) is 10.7. The molecule has 0 aromatic heterocycles. The topological polar surface area (TPSA) is 46.5 Å². The molecule has 1 N–H and O–H groups in total. The summed E-state index contributed by atoms with van der Waals surface area (Å²) in [7, 11) is -1.33. The van der Waals surface area contributed by atoms with Crippen molar-refractivity contribution in [3.05, 3.63) is 64.2 Å². The summed E-state index contributed by atoms with van der Waals surface area (Å²) in [6, 6.07) is 11.5. The van der Waals surface area contributed by atoms with Gasteiger partial charge in [-0.2, -0.15) is 0 Å². The van der Waals surface area contributed by atoms with E-state index in [1.165, 1.54) is 43.2 Å². The fraction of sp³-hybridized carbons (Fsp3) is 0.464. The molecule has 172 valence electrons. The van der Waals surface area contributed by atoms with Crippen molar-refractivity contribution in [3.63, 3.8) is 0 Å². The van der Waals surface area contributed by atoms with Crippen molar-refractivity contribution in [3.8, 4) is 5.75 Å². The lowest BCUT2D eigenvalue weighted by Crippen LogP contribution is -2.31. The molecule has 0 unspecified atom stereocenters. The molecule has 32 heavy (non-hydrogen) atoms. The molecular weight excluding hydrogens is 412 g/mol. The van der Waals surface area contributed by atoms with Crippen LogP contribution >= 0.6 is 0 Å². The Hall–Kier alpha value is -2.33. The molecule has 2 aromatic carbocycles. The molecule has 0 atom stereocenters. The Morgan fingerprint density at radius 1 is 1.00 bits per heavy atom. The summed E-state index contributed by atoms with van der Waals surface area (Å²) in [4.78, 5) is 11.1. The highest BCUT2D eigenvalue weighted by atomic mass is 28.3. The monoisotopic (exact) mass is 450 g/mol. The highest BCUT2D eigenvalue weighted by Gasteiger charge is 2.37. The molecular formula is C28H38O3Si. The van der Waals surface area contributed by atoms with E-state index in [1.54, 1.807) is 12.1 Å². The van der Waals surface area contributed by atoms with Crippen LogP contribution < -0.4 is 4.43 Å². The maximum absolute atomic E-state index is 11.1. The van der Waals surface area contributed by atoms with Crippen LogP contribution in [0.1, 0.15) is 92.4 Å². The van der Waals surface area contributed by atoms with E-state index in [0.29, 0.717) is 5.56 Å². The van der Waals surface area contributed by atoms with Gasteiger partial charge in [0, 0.05) is 11.1 Å². The highest BCUT2D eigenvalue weighted by Crippen LogP contribution is 2.49. The fourth-order valence-corrected chi connectivity index (χ4v) is 5.55. The summed E-state index contributed by atoms with van der Waals surface area (Å²) in [5, 5.41) is 9.14. The molecule has 0 radical (unpaired) electrons. The first-order chi connectivity index (χ1) is 15.0. The molecule has 0 saturated heterocycles. The number of benzene rings is 2. The number of hydrogen-bond acceptors (Lipinski definition) is 2. The Kier molecular flexibility index (Phi) is 7.34. The van der Waals surface area contributed by atoms with E-state index in [4.69, 9.17) is 9.53 Å². The number of carboxylic acid groups (broad SMARTS) is 1. The van der Waals surface area contributed by atoms with E-state index < -0.39 is 15.0 Å². The van der Waals surface area contributed by atoms with Gasteiger partial charge in [0.15, 0.2) is 0 Å². The standard InChI is InChI=1S/C28H38O3Si/c1-27(2,3)23-17-16-21(13-10-20-11-14-22(15-12-20)26(29)30)25(31-32(5)6)24(23)28(4)18-8-7-9-19-28/h10-17,32H,7-9,18-19H2,1-6H3,(H,29,30). The second-order valence-corrected chi connectivity index (χ2v) is 13.0. The van der Waals surface area contributed by atoms with Crippen molar-refractivity contribution in [1.82, 2.24) is 0 Å². The SMILES string of the molecule is C[SiH](C)Oc1c(C=Cc2ccc(C(=O)O)cc2)ccc(C(C)(C)C)c1C1(C)CCCCC1. The van der Waals surface area contributed by atoms with E-state index in [-0.39, 0.29) is 10.8 Å². The number of hydrogen-bond donors (Lipinski definition) is 1. The van der Waals surface area contributed by atoms with Crippen molar-refractivity contribution in [2.45, 2.75) is 83.7 Å². The van der Waals surface area contributed by atoms with Crippen molar-refractivity contribution in [1.29, 1.82) is 0 Å². The van der Waals surface area contributed by atoms with Crippen molar-refractivity contribution in [2.75, 3.05) is 0 Å². The van der Waals surface area contributed by atoms with E-state index in [2.05, 4.69) is 65.1 Å². The van der Waals surface area contributed by atoms with Crippen LogP contribution in [0.2, 0.25) is 13.1 Å². The molecule has 0 heterocycles. The third-order valence-electron chi connectivity index (χ3n) is 6.52. The smallest absolute Gasteiger partial charge is 0.335 e. The van der Waals surface area contributed by atoms with Gasteiger partial charge < -0.3 is 9.53 Å². The molecule has 2 aromatic rings. The lowest BCUT2D eigenvalue weighted by atomic mass is 9.66. The quantitative estimate of drug-likeness (QED) is 0.367. The Morgan fingerprint density at radius 2 is 1.62 bits per heavy atom. The number of carboxylic acids is 1. The summed E-state index contributed by atoms with van der Waals surface area (Å²) < 4.78 is 6.68. The zero-order valence-electron chi connectivity index (χ0n) is 20.5.